The first-order chi connectivity index (χ1) is 10.3. The number of aromatic amines is 1. The van der Waals surface area contributed by atoms with E-state index in [-0.39, 0.29) is 18.9 Å². The number of nitrogens with one attached hydrogen (secondary N) is 1. The second kappa shape index (κ2) is 5.22. The van der Waals surface area contributed by atoms with E-state index in [1.54, 1.807) is 6.07 Å². The van der Waals surface area contributed by atoms with Crippen LogP contribution in [0.25, 0.3) is 11.3 Å². The van der Waals surface area contributed by atoms with Gasteiger partial charge < -0.3 is 0 Å². The number of amides is 1. The second-order valence-electron chi connectivity index (χ2n) is 5.43. The number of carbonyl (C=O) groups is 1. The first-order valence-electron chi connectivity index (χ1n) is 6.79. The molecule has 22 heavy (non-hydrogen) atoms. The zero-order valence-electron chi connectivity index (χ0n) is 12.0. The van der Waals surface area contributed by atoms with Crippen LogP contribution in [0.2, 0.25) is 0 Å². The van der Waals surface area contributed by atoms with Gasteiger partial charge in [0.1, 0.15) is 5.25 Å². The van der Waals surface area contributed by atoms with Crippen molar-refractivity contribution in [1.29, 1.82) is 0 Å². The Morgan fingerprint density at radius 2 is 2.00 bits per heavy atom. The van der Waals surface area contributed by atoms with E-state index in [4.69, 9.17) is 5.14 Å². The Morgan fingerprint density at radius 1 is 1.32 bits per heavy atom. The van der Waals surface area contributed by atoms with E-state index < -0.39 is 15.3 Å². The molecule has 116 valence electrons. The number of hydrogen-bond donors (Lipinski definition) is 2. The summed E-state index contributed by atoms with van der Waals surface area (Å²) in [4.78, 5) is 13.3. The van der Waals surface area contributed by atoms with Gasteiger partial charge in [-0.25, -0.2) is 13.6 Å². The van der Waals surface area contributed by atoms with Gasteiger partial charge in [0.15, 0.2) is 5.82 Å². The van der Waals surface area contributed by atoms with Crippen molar-refractivity contribution in [2.24, 2.45) is 5.14 Å². The number of aromatic nitrogens is 2. The number of hydrogen-bond acceptors (Lipinski definition) is 4. The molecule has 0 spiro atoms. The van der Waals surface area contributed by atoms with E-state index in [1.807, 2.05) is 31.2 Å². The van der Waals surface area contributed by atoms with Gasteiger partial charge in [-0.3, -0.25) is 14.8 Å². The third kappa shape index (κ3) is 2.75. The molecule has 1 aliphatic rings. The molecule has 8 heteroatoms. The van der Waals surface area contributed by atoms with Crippen molar-refractivity contribution in [3.05, 3.63) is 35.9 Å². The van der Waals surface area contributed by atoms with Gasteiger partial charge in [0.25, 0.3) is 0 Å². The number of H-pyrrole nitrogens is 1. The third-order valence-corrected chi connectivity index (χ3v) is 5.00. The highest BCUT2D eigenvalue weighted by atomic mass is 32.2. The van der Waals surface area contributed by atoms with Crippen LogP contribution in [0.4, 0.5) is 5.82 Å². The Balaban J connectivity index is 1.85. The number of anilines is 1. The van der Waals surface area contributed by atoms with Crippen LogP contribution in [0, 0.1) is 6.92 Å². The Kier molecular flexibility index (Phi) is 3.50. The molecule has 0 saturated carbocycles. The standard InChI is InChI=1S/C14H16N4O3S/c1-9-2-4-10(5-3-9)12-7-13(17-16-12)18-8-11(6-14(18)19)22(15,20)21/h2-5,7,11H,6,8H2,1H3,(H,16,17)(H2,15,20,21). The minimum atomic E-state index is -3.73. The Morgan fingerprint density at radius 3 is 2.59 bits per heavy atom. The van der Waals surface area contributed by atoms with Crippen LogP contribution in [-0.4, -0.2) is 36.3 Å². The molecule has 2 heterocycles. The van der Waals surface area contributed by atoms with Crippen molar-refractivity contribution < 1.29 is 13.2 Å². The minimum absolute atomic E-state index is 0.0376. The summed E-state index contributed by atoms with van der Waals surface area (Å²) >= 11 is 0. The monoisotopic (exact) mass is 320 g/mol. The van der Waals surface area contributed by atoms with E-state index >= 15 is 0 Å². The normalized spacial score (nSPS) is 18.9. The number of nitrogens with two attached hydrogens (primary N) is 1. The van der Waals surface area contributed by atoms with Crippen LogP contribution in [0.3, 0.4) is 0 Å². The van der Waals surface area contributed by atoms with Gasteiger partial charge in [-0.2, -0.15) is 5.10 Å². The largest absolute Gasteiger partial charge is 0.294 e. The lowest BCUT2D eigenvalue weighted by molar-refractivity contribution is -0.117. The van der Waals surface area contributed by atoms with Crippen molar-refractivity contribution in [2.45, 2.75) is 18.6 Å². The molecule has 1 aliphatic heterocycles. The zero-order chi connectivity index (χ0) is 15.9. The molecule has 1 amide bonds. The van der Waals surface area contributed by atoms with Crippen molar-refractivity contribution in [3.63, 3.8) is 0 Å². The summed E-state index contributed by atoms with van der Waals surface area (Å²) < 4.78 is 22.8. The summed E-state index contributed by atoms with van der Waals surface area (Å²) in [6.45, 7) is 2.04. The predicted molar refractivity (Wildman–Crippen MR) is 82.6 cm³/mol. The maximum atomic E-state index is 12.0. The van der Waals surface area contributed by atoms with Gasteiger partial charge in [0, 0.05) is 19.0 Å². The SMILES string of the molecule is Cc1ccc(-c2cc(N3CC(S(N)(=O)=O)CC3=O)n[nH]2)cc1. The maximum absolute atomic E-state index is 12.0. The maximum Gasteiger partial charge on any atom is 0.229 e. The fourth-order valence-electron chi connectivity index (χ4n) is 2.45. The fourth-order valence-corrected chi connectivity index (χ4v) is 3.18. The predicted octanol–water partition coefficient (Wildman–Crippen LogP) is 0.779. The molecule has 1 atom stereocenters. The average molecular weight is 320 g/mol. The first kappa shape index (κ1) is 14.7. The number of nitrogens with zero attached hydrogens (tertiary/aromatic N) is 2. The van der Waals surface area contributed by atoms with Gasteiger partial charge in [0.2, 0.25) is 15.9 Å². The smallest absolute Gasteiger partial charge is 0.229 e. The summed E-state index contributed by atoms with van der Waals surface area (Å²) in [5, 5.41) is 11.2. The van der Waals surface area contributed by atoms with Crippen LogP contribution >= 0.6 is 0 Å². The van der Waals surface area contributed by atoms with Crippen molar-refractivity contribution in [3.8, 4) is 11.3 Å². The molecule has 1 saturated heterocycles. The lowest BCUT2D eigenvalue weighted by atomic mass is 10.1. The minimum Gasteiger partial charge on any atom is -0.294 e. The molecule has 1 aromatic carbocycles. The van der Waals surface area contributed by atoms with Crippen LogP contribution in [0.15, 0.2) is 30.3 Å². The van der Waals surface area contributed by atoms with E-state index in [0.29, 0.717) is 5.82 Å². The molecule has 3 N–H and O–H groups in total. The van der Waals surface area contributed by atoms with Crippen molar-refractivity contribution in [1.82, 2.24) is 10.2 Å². The molecule has 1 fully saturated rings. The molecule has 0 aliphatic carbocycles. The van der Waals surface area contributed by atoms with Crippen molar-refractivity contribution >= 4 is 21.7 Å². The van der Waals surface area contributed by atoms with Gasteiger partial charge in [0.05, 0.1) is 5.69 Å². The zero-order valence-corrected chi connectivity index (χ0v) is 12.8. The van der Waals surface area contributed by atoms with E-state index in [0.717, 1.165) is 16.8 Å². The van der Waals surface area contributed by atoms with Crippen LogP contribution in [-0.2, 0) is 14.8 Å². The topological polar surface area (TPSA) is 109 Å². The second-order valence-corrected chi connectivity index (χ2v) is 7.27. The lowest BCUT2D eigenvalue weighted by Gasteiger charge is -2.12. The van der Waals surface area contributed by atoms with E-state index in [1.165, 1.54) is 4.90 Å². The Labute approximate surface area is 128 Å². The highest BCUT2D eigenvalue weighted by Crippen LogP contribution is 2.26. The molecular weight excluding hydrogens is 304 g/mol. The number of sulfonamides is 1. The number of primary sulfonamides is 1. The quantitative estimate of drug-likeness (QED) is 0.870. The van der Waals surface area contributed by atoms with E-state index in [2.05, 4.69) is 10.2 Å². The molecule has 1 unspecified atom stereocenters. The van der Waals surface area contributed by atoms with Gasteiger partial charge in [-0.15, -0.1) is 0 Å². The summed E-state index contributed by atoms with van der Waals surface area (Å²) in [5.74, 6) is 0.118. The average Bonchev–Trinajstić information content (AvgIpc) is 3.05. The number of rotatable bonds is 3. The lowest BCUT2D eigenvalue weighted by Crippen LogP contribution is -2.32. The highest BCUT2D eigenvalue weighted by Gasteiger charge is 2.38. The Hall–Kier alpha value is -2.19. The van der Waals surface area contributed by atoms with Crippen LogP contribution in [0.1, 0.15) is 12.0 Å². The molecule has 2 aromatic rings. The van der Waals surface area contributed by atoms with E-state index in [9.17, 15) is 13.2 Å². The summed E-state index contributed by atoms with van der Waals surface area (Å²) in [5.41, 5.74) is 2.86. The van der Waals surface area contributed by atoms with Gasteiger partial charge in [-0.05, 0) is 12.5 Å². The number of benzene rings is 1. The van der Waals surface area contributed by atoms with Gasteiger partial charge in [-0.1, -0.05) is 29.8 Å². The summed E-state index contributed by atoms with van der Waals surface area (Å²) in [6.07, 6.45) is -0.106. The summed E-state index contributed by atoms with van der Waals surface area (Å²) in [6, 6.07) is 9.59. The van der Waals surface area contributed by atoms with Crippen LogP contribution in [0.5, 0.6) is 0 Å². The molecule has 0 bridgehead atoms. The molecular formula is C14H16N4O3S. The fraction of sp³-hybridized carbons (Fsp3) is 0.286. The summed E-state index contributed by atoms with van der Waals surface area (Å²) in [7, 11) is -3.73. The van der Waals surface area contributed by atoms with Crippen LogP contribution < -0.4 is 10.0 Å². The molecule has 1 aromatic heterocycles. The highest BCUT2D eigenvalue weighted by molar-refractivity contribution is 7.89. The van der Waals surface area contributed by atoms with Crippen molar-refractivity contribution in [2.75, 3.05) is 11.4 Å². The Bertz CT molecular complexity index is 811. The molecule has 3 rings (SSSR count). The molecule has 0 radical (unpaired) electrons. The third-order valence-electron chi connectivity index (χ3n) is 3.76. The number of aryl methyl sites for hydroxylation is 1. The van der Waals surface area contributed by atoms with Gasteiger partial charge >= 0.3 is 0 Å². The first-order valence-corrected chi connectivity index (χ1v) is 8.40. The number of carbonyl (C=O) groups excluding carboxylic acids is 1. The molecule has 7 nitrogen and oxygen atoms in total.